The van der Waals surface area contributed by atoms with E-state index < -0.39 is 0 Å². The standard InChI is InChI=1S/C6H6BIO/c7-4-1-2-6(9)5(8)3-4/h1-3,9H,7H2. The fraction of sp³-hybridized carbons (Fsp3) is 0. The van der Waals surface area contributed by atoms with E-state index in [1.165, 1.54) is 5.46 Å². The molecule has 0 aliphatic heterocycles. The Kier molecular flexibility index (Phi) is 2.00. The first kappa shape index (κ1) is 6.93. The molecule has 0 spiro atoms. The number of benzene rings is 1. The molecule has 0 aromatic heterocycles. The molecule has 0 aliphatic rings. The molecule has 0 bridgehead atoms. The van der Waals surface area contributed by atoms with Crippen molar-refractivity contribution >= 4 is 35.9 Å². The van der Waals surface area contributed by atoms with Crippen molar-refractivity contribution in [2.75, 3.05) is 0 Å². The Morgan fingerprint density at radius 1 is 1.44 bits per heavy atom. The molecule has 0 saturated carbocycles. The van der Waals surface area contributed by atoms with Crippen molar-refractivity contribution in [1.82, 2.24) is 0 Å². The van der Waals surface area contributed by atoms with Gasteiger partial charge in [0.05, 0.1) is 3.57 Å². The van der Waals surface area contributed by atoms with Crippen LogP contribution in [0.5, 0.6) is 5.75 Å². The Bertz CT molecular complexity index is 224. The summed E-state index contributed by atoms with van der Waals surface area (Å²) in [5, 5.41) is 9.04. The molecule has 0 saturated heterocycles. The molecule has 3 heteroatoms. The summed E-state index contributed by atoms with van der Waals surface area (Å²) < 4.78 is 0.910. The Hall–Kier alpha value is -0.185. The third-order valence-electron chi connectivity index (χ3n) is 1.10. The number of rotatable bonds is 0. The van der Waals surface area contributed by atoms with Gasteiger partial charge in [0.25, 0.3) is 0 Å². The summed E-state index contributed by atoms with van der Waals surface area (Å²) in [6, 6.07) is 5.53. The minimum Gasteiger partial charge on any atom is -0.507 e. The van der Waals surface area contributed by atoms with E-state index in [1.807, 2.05) is 20.0 Å². The molecule has 0 fully saturated rings. The number of halogens is 1. The Labute approximate surface area is 68.6 Å². The van der Waals surface area contributed by atoms with Crippen LogP contribution >= 0.6 is 22.6 Å². The molecule has 0 aliphatic carbocycles. The van der Waals surface area contributed by atoms with Gasteiger partial charge in [0, 0.05) is 0 Å². The summed E-state index contributed by atoms with van der Waals surface area (Å²) in [6.45, 7) is 0. The predicted molar refractivity (Wildman–Crippen MR) is 49.0 cm³/mol. The average Bonchev–Trinajstić information content (AvgIpc) is 1.80. The third-order valence-corrected chi connectivity index (χ3v) is 1.97. The van der Waals surface area contributed by atoms with Crippen LogP contribution in [0.15, 0.2) is 18.2 Å². The second-order valence-electron chi connectivity index (χ2n) is 1.95. The SMILES string of the molecule is Bc1ccc(O)c(I)c1. The van der Waals surface area contributed by atoms with E-state index in [2.05, 4.69) is 22.6 Å². The molecule has 1 N–H and O–H groups in total. The van der Waals surface area contributed by atoms with Gasteiger partial charge >= 0.3 is 0 Å². The van der Waals surface area contributed by atoms with E-state index in [9.17, 15) is 0 Å². The summed E-state index contributed by atoms with van der Waals surface area (Å²) >= 11 is 2.10. The lowest BCUT2D eigenvalue weighted by atomic mass is 9.97. The molecule has 1 aromatic carbocycles. The second kappa shape index (κ2) is 2.60. The van der Waals surface area contributed by atoms with Crippen molar-refractivity contribution in [2.45, 2.75) is 0 Å². The van der Waals surface area contributed by atoms with Gasteiger partial charge in [0.15, 0.2) is 0 Å². The highest BCUT2D eigenvalue weighted by molar-refractivity contribution is 14.1. The Balaban J connectivity index is 3.17. The van der Waals surface area contributed by atoms with Gasteiger partial charge < -0.3 is 5.11 Å². The third kappa shape index (κ3) is 1.61. The molecular formula is C6H6BIO. The smallest absolute Gasteiger partial charge is 0.139 e. The zero-order valence-corrected chi connectivity index (χ0v) is 7.21. The van der Waals surface area contributed by atoms with E-state index in [0.717, 1.165) is 3.57 Å². The van der Waals surface area contributed by atoms with Crippen LogP contribution < -0.4 is 5.46 Å². The summed E-state index contributed by atoms with van der Waals surface area (Å²) in [5.74, 6) is 0.362. The molecule has 1 rings (SSSR count). The maximum absolute atomic E-state index is 9.04. The van der Waals surface area contributed by atoms with Crippen LogP contribution in [0.3, 0.4) is 0 Å². The van der Waals surface area contributed by atoms with E-state index >= 15 is 0 Å². The van der Waals surface area contributed by atoms with Crippen LogP contribution in [-0.4, -0.2) is 13.0 Å². The molecule has 9 heavy (non-hydrogen) atoms. The van der Waals surface area contributed by atoms with E-state index in [1.54, 1.807) is 6.07 Å². The van der Waals surface area contributed by atoms with Crippen LogP contribution in [0, 0.1) is 3.57 Å². The number of phenolic OH excluding ortho intramolecular Hbond substituents is 1. The molecule has 0 unspecified atom stereocenters. The van der Waals surface area contributed by atoms with E-state index in [-0.39, 0.29) is 0 Å². The molecule has 0 amide bonds. The van der Waals surface area contributed by atoms with E-state index in [0.29, 0.717) is 5.75 Å². The highest BCUT2D eigenvalue weighted by atomic mass is 127. The van der Waals surface area contributed by atoms with Crippen molar-refractivity contribution in [3.05, 3.63) is 21.8 Å². The summed E-state index contributed by atoms with van der Waals surface area (Å²) in [6.07, 6.45) is 0. The molecule has 0 radical (unpaired) electrons. The van der Waals surface area contributed by atoms with Crippen molar-refractivity contribution in [2.24, 2.45) is 0 Å². The van der Waals surface area contributed by atoms with Gasteiger partial charge in [-0.1, -0.05) is 17.6 Å². The number of aromatic hydroxyl groups is 1. The monoisotopic (exact) mass is 232 g/mol. The van der Waals surface area contributed by atoms with Gasteiger partial charge in [0.2, 0.25) is 0 Å². The maximum Gasteiger partial charge on any atom is 0.139 e. The lowest BCUT2D eigenvalue weighted by molar-refractivity contribution is 0.471. The van der Waals surface area contributed by atoms with Crippen molar-refractivity contribution in [3.63, 3.8) is 0 Å². The van der Waals surface area contributed by atoms with Crippen LogP contribution in [-0.2, 0) is 0 Å². The fourth-order valence-corrected chi connectivity index (χ4v) is 1.28. The molecule has 46 valence electrons. The first-order valence-electron chi connectivity index (χ1n) is 2.65. The maximum atomic E-state index is 9.04. The quantitative estimate of drug-likeness (QED) is 0.502. The average molecular weight is 232 g/mol. The van der Waals surface area contributed by atoms with Gasteiger partial charge in [-0.05, 0) is 28.7 Å². The summed E-state index contributed by atoms with van der Waals surface area (Å²) in [5.41, 5.74) is 1.18. The number of phenols is 1. The van der Waals surface area contributed by atoms with Crippen LogP contribution in [0.4, 0.5) is 0 Å². The van der Waals surface area contributed by atoms with Gasteiger partial charge in [-0.15, -0.1) is 0 Å². The molecule has 1 aromatic rings. The Morgan fingerprint density at radius 2 is 2.11 bits per heavy atom. The van der Waals surface area contributed by atoms with Gasteiger partial charge in [-0.2, -0.15) is 0 Å². The van der Waals surface area contributed by atoms with Crippen LogP contribution in [0.2, 0.25) is 0 Å². The number of hydrogen-bond donors (Lipinski definition) is 1. The second-order valence-corrected chi connectivity index (χ2v) is 3.12. The highest BCUT2D eigenvalue weighted by Gasteiger charge is 1.93. The minimum atomic E-state index is 0.362. The van der Waals surface area contributed by atoms with Crippen molar-refractivity contribution in [1.29, 1.82) is 0 Å². The first-order valence-corrected chi connectivity index (χ1v) is 3.73. The van der Waals surface area contributed by atoms with Gasteiger partial charge in [-0.25, -0.2) is 0 Å². The van der Waals surface area contributed by atoms with Crippen LogP contribution in [0.1, 0.15) is 0 Å². The van der Waals surface area contributed by atoms with Crippen molar-refractivity contribution in [3.8, 4) is 5.75 Å². The summed E-state index contributed by atoms with van der Waals surface area (Å²) in [7, 11) is 2.00. The number of hydrogen-bond acceptors (Lipinski definition) is 1. The zero-order chi connectivity index (χ0) is 6.85. The highest BCUT2D eigenvalue weighted by Crippen LogP contribution is 2.15. The lowest BCUT2D eigenvalue weighted by Gasteiger charge is -1.95. The molecule has 0 atom stereocenters. The molecule has 1 nitrogen and oxygen atoms in total. The summed E-state index contributed by atoms with van der Waals surface area (Å²) in [4.78, 5) is 0. The Morgan fingerprint density at radius 3 is 2.56 bits per heavy atom. The molecular weight excluding hydrogens is 226 g/mol. The predicted octanol–water partition coefficient (Wildman–Crippen LogP) is 0.255. The van der Waals surface area contributed by atoms with Crippen LogP contribution in [0.25, 0.3) is 0 Å². The first-order chi connectivity index (χ1) is 4.20. The van der Waals surface area contributed by atoms with E-state index in [4.69, 9.17) is 5.11 Å². The largest absolute Gasteiger partial charge is 0.507 e. The van der Waals surface area contributed by atoms with Gasteiger partial charge in [-0.3, -0.25) is 0 Å². The van der Waals surface area contributed by atoms with Crippen molar-refractivity contribution < 1.29 is 5.11 Å². The lowest BCUT2D eigenvalue weighted by Crippen LogP contribution is -2.00. The normalized spacial score (nSPS) is 9.44. The minimum absolute atomic E-state index is 0.362. The fourth-order valence-electron chi connectivity index (χ4n) is 0.612. The molecule has 0 heterocycles. The topological polar surface area (TPSA) is 20.2 Å². The zero-order valence-electron chi connectivity index (χ0n) is 5.06. The van der Waals surface area contributed by atoms with Gasteiger partial charge in [0.1, 0.15) is 13.6 Å².